The molecule has 1 aliphatic carbocycles. The Morgan fingerprint density at radius 3 is 2.59 bits per heavy atom. The standard InChI is InChI=1S/C13H21N3S/c1-2-10(1)12-7-14-13(17-12)15-11-8-16-5-3-9(11)4-6-16/h9-12H,1-8H2,(H,14,15). The van der Waals surface area contributed by atoms with E-state index in [0.29, 0.717) is 6.04 Å². The fraction of sp³-hybridized carbons (Fsp3) is 0.923. The Balaban J connectivity index is 1.35. The lowest BCUT2D eigenvalue weighted by molar-refractivity contribution is 0.0816. The first-order chi connectivity index (χ1) is 8.38. The molecule has 5 rings (SSSR count). The number of hydrogen-bond acceptors (Lipinski definition) is 4. The number of fused-ring (bicyclic) bond motifs is 3. The number of nitrogens with one attached hydrogen (secondary N) is 1. The highest BCUT2D eigenvalue weighted by molar-refractivity contribution is 8.14. The summed E-state index contributed by atoms with van der Waals surface area (Å²) in [5.74, 6) is 1.89. The fourth-order valence-corrected chi connectivity index (χ4v) is 4.74. The second-order valence-electron chi connectivity index (χ2n) is 6.03. The van der Waals surface area contributed by atoms with Crippen LogP contribution in [0.4, 0.5) is 0 Å². The Bertz CT molecular complexity index is 332. The molecule has 0 aromatic rings. The van der Waals surface area contributed by atoms with E-state index in [1.165, 1.54) is 50.5 Å². The lowest BCUT2D eigenvalue weighted by atomic mass is 9.84. The van der Waals surface area contributed by atoms with Crippen molar-refractivity contribution >= 4 is 16.9 Å². The van der Waals surface area contributed by atoms with Crippen LogP contribution in [0.15, 0.2) is 4.99 Å². The predicted octanol–water partition coefficient (Wildman–Crippen LogP) is 1.55. The third kappa shape index (κ3) is 2.10. The largest absolute Gasteiger partial charge is 0.361 e. The summed E-state index contributed by atoms with van der Waals surface area (Å²) in [4.78, 5) is 7.31. The zero-order chi connectivity index (χ0) is 11.2. The van der Waals surface area contributed by atoms with E-state index in [1.807, 2.05) is 11.8 Å². The summed E-state index contributed by atoms with van der Waals surface area (Å²) in [7, 11) is 0. The Labute approximate surface area is 107 Å². The number of amidine groups is 1. The van der Waals surface area contributed by atoms with Crippen LogP contribution >= 0.6 is 11.8 Å². The van der Waals surface area contributed by atoms with Crippen LogP contribution in [0.5, 0.6) is 0 Å². The maximum atomic E-state index is 4.71. The molecule has 5 aliphatic rings. The molecule has 2 atom stereocenters. The van der Waals surface area contributed by atoms with E-state index in [0.717, 1.165) is 23.6 Å². The molecule has 94 valence electrons. The molecule has 0 spiro atoms. The molecular weight excluding hydrogens is 230 g/mol. The van der Waals surface area contributed by atoms with Gasteiger partial charge < -0.3 is 10.2 Å². The summed E-state index contributed by atoms with van der Waals surface area (Å²) in [6.45, 7) is 4.97. The number of piperidine rings is 3. The highest BCUT2D eigenvalue weighted by atomic mass is 32.2. The van der Waals surface area contributed by atoms with Crippen LogP contribution in [0.25, 0.3) is 0 Å². The van der Waals surface area contributed by atoms with Gasteiger partial charge in [0.25, 0.3) is 0 Å². The third-order valence-corrected chi connectivity index (χ3v) is 6.10. The van der Waals surface area contributed by atoms with E-state index in [9.17, 15) is 0 Å². The summed E-state index contributed by atoms with van der Waals surface area (Å²) in [6.07, 6.45) is 5.67. The minimum absolute atomic E-state index is 0.682. The topological polar surface area (TPSA) is 27.6 Å². The Morgan fingerprint density at radius 1 is 1.12 bits per heavy atom. The molecule has 17 heavy (non-hydrogen) atoms. The molecule has 1 N–H and O–H groups in total. The van der Waals surface area contributed by atoms with Gasteiger partial charge in [0.2, 0.25) is 0 Å². The average Bonchev–Trinajstić information content (AvgIpc) is 3.12. The van der Waals surface area contributed by atoms with Crippen LogP contribution < -0.4 is 5.32 Å². The summed E-state index contributed by atoms with van der Waals surface area (Å²) < 4.78 is 0. The van der Waals surface area contributed by atoms with Crippen molar-refractivity contribution in [2.75, 3.05) is 26.2 Å². The summed E-state index contributed by atoms with van der Waals surface area (Å²) >= 11 is 2.02. The molecule has 0 aromatic carbocycles. The molecule has 4 aliphatic heterocycles. The number of thioether (sulfide) groups is 1. The van der Waals surface area contributed by atoms with Gasteiger partial charge in [-0.25, -0.2) is 0 Å². The monoisotopic (exact) mass is 251 g/mol. The predicted molar refractivity (Wildman–Crippen MR) is 72.5 cm³/mol. The van der Waals surface area contributed by atoms with Crippen LogP contribution in [0.2, 0.25) is 0 Å². The van der Waals surface area contributed by atoms with Gasteiger partial charge in [0.15, 0.2) is 5.17 Å². The molecule has 4 heterocycles. The quantitative estimate of drug-likeness (QED) is 0.807. The van der Waals surface area contributed by atoms with Gasteiger partial charge >= 0.3 is 0 Å². The first kappa shape index (κ1) is 10.7. The van der Waals surface area contributed by atoms with Crippen molar-refractivity contribution in [2.45, 2.75) is 37.0 Å². The van der Waals surface area contributed by atoms with Crippen LogP contribution in [-0.4, -0.2) is 47.5 Å². The Morgan fingerprint density at radius 2 is 1.94 bits per heavy atom. The maximum absolute atomic E-state index is 4.71. The number of hydrogen-bond donors (Lipinski definition) is 1. The van der Waals surface area contributed by atoms with Gasteiger partial charge in [-0.2, -0.15) is 0 Å². The third-order valence-electron chi connectivity index (χ3n) is 4.79. The molecule has 0 aromatic heterocycles. The molecule has 2 bridgehead atoms. The van der Waals surface area contributed by atoms with E-state index in [-0.39, 0.29) is 0 Å². The first-order valence-corrected chi connectivity index (χ1v) is 7.96. The van der Waals surface area contributed by atoms with Gasteiger partial charge in [0.1, 0.15) is 0 Å². The van der Waals surface area contributed by atoms with Gasteiger partial charge in [-0.1, -0.05) is 11.8 Å². The van der Waals surface area contributed by atoms with E-state index >= 15 is 0 Å². The van der Waals surface area contributed by atoms with E-state index in [1.54, 1.807) is 0 Å². The Kier molecular flexibility index (Phi) is 2.61. The highest BCUT2D eigenvalue weighted by Crippen LogP contribution is 2.41. The van der Waals surface area contributed by atoms with E-state index in [4.69, 9.17) is 4.99 Å². The second kappa shape index (κ2) is 4.16. The molecule has 1 saturated carbocycles. The van der Waals surface area contributed by atoms with Crippen LogP contribution in [0.1, 0.15) is 25.7 Å². The van der Waals surface area contributed by atoms with Crippen molar-refractivity contribution < 1.29 is 0 Å². The summed E-state index contributed by atoms with van der Waals surface area (Å²) in [5.41, 5.74) is 0. The normalized spacial score (nSPS) is 44.8. The van der Waals surface area contributed by atoms with Gasteiger partial charge in [-0.15, -0.1) is 0 Å². The minimum atomic E-state index is 0.682. The minimum Gasteiger partial charge on any atom is -0.361 e. The molecule has 2 unspecified atom stereocenters. The first-order valence-electron chi connectivity index (χ1n) is 7.08. The average molecular weight is 251 g/mol. The van der Waals surface area contributed by atoms with Crippen LogP contribution in [-0.2, 0) is 0 Å². The molecule has 0 radical (unpaired) electrons. The van der Waals surface area contributed by atoms with Crippen molar-refractivity contribution in [3.8, 4) is 0 Å². The molecule has 3 nitrogen and oxygen atoms in total. The summed E-state index contributed by atoms with van der Waals surface area (Å²) in [5, 5.41) is 5.79. The lowest BCUT2D eigenvalue weighted by Crippen LogP contribution is -2.56. The fourth-order valence-electron chi connectivity index (χ4n) is 3.47. The molecule has 3 saturated heterocycles. The zero-order valence-electron chi connectivity index (χ0n) is 10.3. The summed E-state index contributed by atoms with van der Waals surface area (Å²) in [6, 6.07) is 0.682. The van der Waals surface area contributed by atoms with Gasteiger partial charge in [0.05, 0.1) is 6.54 Å². The van der Waals surface area contributed by atoms with Crippen LogP contribution in [0.3, 0.4) is 0 Å². The van der Waals surface area contributed by atoms with E-state index < -0.39 is 0 Å². The van der Waals surface area contributed by atoms with Crippen molar-refractivity contribution in [1.82, 2.24) is 10.2 Å². The molecule has 0 amide bonds. The zero-order valence-corrected chi connectivity index (χ0v) is 11.1. The van der Waals surface area contributed by atoms with Crippen molar-refractivity contribution in [3.63, 3.8) is 0 Å². The van der Waals surface area contributed by atoms with Gasteiger partial charge in [-0.05, 0) is 50.6 Å². The van der Waals surface area contributed by atoms with Crippen molar-refractivity contribution in [1.29, 1.82) is 0 Å². The number of aliphatic imine (C=N–C) groups is 1. The lowest BCUT2D eigenvalue weighted by Gasteiger charge is -2.45. The van der Waals surface area contributed by atoms with Crippen LogP contribution in [0, 0.1) is 11.8 Å². The van der Waals surface area contributed by atoms with Crippen molar-refractivity contribution in [2.24, 2.45) is 16.8 Å². The molecule has 4 fully saturated rings. The van der Waals surface area contributed by atoms with Gasteiger partial charge in [-0.3, -0.25) is 4.99 Å². The van der Waals surface area contributed by atoms with E-state index in [2.05, 4.69) is 10.2 Å². The number of nitrogens with zero attached hydrogens (tertiary/aromatic N) is 2. The smallest absolute Gasteiger partial charge is 0.157 e. The number of rotatable bonds is 2. The second-order valence-corrected chi connectivity index (χ2v) is 7.26. The highest BCUT2D eigenvalue weighted by Gasteiger charge is 2.38. The maximum Gasteiger partial charge on any atom is 0.157 e. The van der Waals surface area contributed by atoms with Gasteiger partial charge in [0, 0.05) is 17.8 Å². The van der Waals surface area contributed by atoms with Crippen molar-refractivity contribution in [3.05, 3.63) is 0 Å². The Hall–Kier alpha value is -0.220. The molecule has 4 heteroatoms. The molecular formula is C13H21N3S. The SMILES string of the molecule is C1CN2CCC1C(NC1=NCC(C3CC3)S1)C2.